The molecular weight excluding hydrogens is 260 g/mol. The van der Waals surface area contributed by atoms with Crippen LogP contribution in [0.5, 0.6) is 5.75 Å². The second kappa shape index (κ2) is 4.93. The fraction of sp³-hybridized carbons (Fsp3) is 0.222. The topological polar surface area (TPSA) is 39.3 Å². The molecule has 0 aliphatic carbocycles. The number of fused-ring (bicyclic) bond motifs is 3. The number of nitrogens with zero attached hydrogens (tertiary/aromatic N) is 1. The number of hydrogen-bond donors (Lipinski definition) is 2. The predicted octanol–water partition coefficient (Wildman–Crippen LogP) is 3.43. The third-order valence-corrected chi connectivity index (χ3v) is 4.28. The molecule has 0 amide bonds. The lowest BCUT2D eigenvalue weighted by molar-refractivity contribution is 0.243. The van der Waals surface area contributed by atoms with E-state index in [1.54, 1.807) is 6.07 Å². The molecule has 1 aromatic heterocycles. The van der Waals surface area contributed by atoms with Crippen molar-refractivity contribution in [1.29, 1.82) is 0 Å². The molecule has 2 heterocycles. The number of aromatic hydroxyl groups is 1. The molecule has 0 spiro atoms. The summed E-state index contributed by atoms with van der Waals surface area (Å²) < 4.78 is 0. The zero-order valence-corrected chi connectivity index (χ0v) is 11.8. The van der Waals surface area contributed by atoms with E-state index < -0.39 is 0 Å². The summed E-state index contributed by atoms with van der Waals surface area (Å²) in [4.78, 5) is 5.98. The van der Waals surface area contributed by atoms with Crippen molar-refractivity contribution in [2.75, 3.05) is 6.54 Å². The quantitative estimate of drug-likeness (QED) is 0.754. The molecule has 0 bridgehead atoms. The summed E-state index contributed by atoms with van der Waals surface area (Å²) in [6.45, 7) is 2.88. The van der Waals surface area contributed by atoms with E-state index in [1.165, 1.54) is 22.2 Å². The normalized spacial score (nSPS) is 15.2. The van der Waals surface area contributed by atoms with Crippen molar-refractivity contribution in [2.24, 2.45) is 0 Å². The van der Waals surface area contributed by atoms with Gasteiger partial charge in [-0.05, 0) is 35.7 Å². The van der Waals surface area contributed by atoms with Crippen LogP contribution in [-0.4, -0.2) is 21.5 Å². The Morgan fingerprint density at radius 2 is 2.00 bits per heavy atom. The summed E-state index contributed by atoms with van der Waals surface area (Å²) in [6, 6.07) is 16.1. The van der Waals surface area contributed by atoms with Gasteiger partial charge in [0.1, 0.15) is 5.75 Å². The first-order chi connectivity index (χ1) is 10.3. The maximum Gasteiger partial charge on any atom is 0.115 e. The summed E-state index contributed by atoms with van der Waals surface area (Å²) in [5.74, 6) is 0.343. The first kappa shape index (κ1) is 12.5. The summed E-state index contributed by atoms with van der Waals surface area (Å²) in [5, 5.41) is 10.9. The lowest BCUT2D eigenvalue weighted by Gasteiger charge is -2.27. The summed E-state index contributed by atoms with van der Waals surface area (Å²) >= 11 is 0. The molecule has 0 saturated carbocycles. The van der Waals surface area contributed by atoms with Crippen LogP contribution in [0, 0.1) is 0 Å². The Bertz CT molecular complexity index is 791. The van der Waals surface area contributed by atoms with Crippen molar-refractivity contribution in [1.82, 2.24) is 9.88 Å². The monoisotopic (exact) mass is 278 g/mol. The van der Waals surface area contributed by atoms with Gasteiger partial charge >= 0.3 is 0 Å². The fourth-order valence-corrected chi connectivity index (χ4v) is 3.30. The molecule has 4 rings (SSSR count). The number of benzene rings is 2. The van der Waals surface area contributed by atoms with Crippen LogP contribution in [0.4, 0.5) is 0 Å². The number of nitrogens with one attached hydrogen (secondary N) is 1. The first-order valence-electron chi connectivity index (χ1n) is 7.38. The molecule has 2 aromatic carbocycles. The minimum Gasteiger partial charge on any atom is -0.508 e. The smallest absolute Gasteiger partial charge is 0.115 e. The fourth-order valence-electron chi connectivity index (χ4n) is 3.30. The number of hydrogen-bond acceptors (Lipinski definition) is 2. The SMILES string of the molecule is Oc1cccc(CN2CCc3c([nH]c4ccccc34)C2)c1. The Morgan fingerprint density at radius 1 is 1.10 bits per heavy atom. The van der Waals surface area contributed by atoms with Crippen molar-refractivity contribution >= 4 is 10.9 Å². The van der Waals surface area contributed by atoms with Gasteiger partial charge in [-0.15, -0.1) is 0 Å². The van der Waals surface area contributed by atoms with Crippen molar-refractivity contribution in [3.8, 4) is 5.75 Å². The number of aromatic amines is 1. The molecule has 0 saturated heterocycles. The van der Waals surface area contributed by atoms with E-state index in [-0.39, 0.29) is 0 Å². The van der Waals surface area contributed by atoms with E-state index in [1.807, 2.05) is 12.1 Å². The standard InChI is InChI=1S/C18H18N2O/c21-14-5-3-4-13(10-14)11-20-9-8-16-15-6-1-2-7-17(15)19-18(16)12-20/h1-7,10,19,21H,8-9,11-12H2. The van der Waals surface area contributed by atoms with Crippen LogP contribution < -0.4 is 0 Å². The molecule has 0 atom stereocenters. The molecular formula is C18H18N2O. The van der Waals surface area contributed by atoms with Gasteiger partial charge in [-0.3, -0.25) is 4.90 Å². The van der Waals surface area contributed by atoms with Crippen molar-refractivity contribution < 1.29 is 5.11 Å². The van der Waals surface area contributed by atoms with Crippen LogP contribution >= 0.6 is 0 Å². The summed E-state index contributed by atoms with van der Waals surface area (Å²) in [7, 11) is 0. The van der Waals surface area contributed by atoms with E-state index in [0.717, 1.165) is 31.6 Å². The second-order valence-corrected chi connectivity index (χ2v) is 5.76. The van der Waals surface area contributed by atoms with Crippen LogP contribution in [0.3, 0.4) is 0 Å². The number of rotatable bonds is 2. The number of phenols is 1. The highest BCUT2D eigenvalue weighted by molar-refractivity contribution is 5.84. The molecule has 3 heteroatoms. The Hall–Kier alpha value is -2.26. The zero-order valence-electron chi connectivity index (χ0n) is 11.8. The molecule has 1 aliphatic rings. The van der Waals surface area contributed by atoms with Gasteiger partial charge < -0.3 is 10.1 Å². The van der Waals surface area contributed by atoms with Crippen LogP contribution in [0.25, 0.3) is 10.9 Å². The molecule has 0 unspecified atom stereocenters. The first-order valence-corrected chi connectivity index (χ1v) is 7.38. The lowest BCUT2D eigenvalue weighted by atomic mass is 10.0. The number of para-hydroxylation sites is 1. The third kappa shape index (κ3) is 2.30. The molecule has 0 fully saturated rings. The van der Waals surface area contributed by atoms with E-state index in [2.05, 4.69) is 40.2 Å². The van der Waals surface area contributed by atoms with Crippen LogP contribution in [0.2, 0.25) is 0 Å². The average Bonchev–Trinajstić information content (AvgIpc) is 2.85. The van der Waals surface area contributed by atoms with Crippen LogP contribution in [0.1, 0.15) is 16.8 Å². The molecule has 3 aromatic rings. The van der Waals surface area contributed by atoms with Crippen LogP contribution in [0.15, 0.2) is 48.5 Å². The van der Waals surface area contributed by atoms with E-state index in [9.17, 15) is 5.11 Å². The molecule has 1 aliphatic heterocycles. The van der Waals surface area contributed by atoms with Gasteiger partial charge in [0.2, 0.25) is 0 Å². The Labute approximate surface area is 123 Å². The van der Waals surface area contributed by atoms with Gasteiger partial charge in [-0.25, -0.2) is 0 Å². The van der Waals surface area contributed by atoms with Gasteiger partial charge in [0.15, 0.2) is 0 Å². The van der Waals surface area contributed by atoms with Gasteiger partial charge in [0.25, 0.3) is 0 Å². The van der Waals surface area contributed by atoms with Crippen molar-refractivity contribution in [3.05, 3.63) is 65.4 Å². The highest BCUT2D eigenvalue weighted by atomic mass is 16.3. The molecule has 106 valence electrons. The van der Waals surface area contributed by atoms with Gasteiger partial charge in [0.05, 0.1) is 0 Å². The van der Waals surface area contributed by atoms with Gasteiger partial charge in [0, 0.05) is 36.2 Å². The van der Waals surface area contributed by atoms with Crippen molar-refractivity contribution in [3.63, 3.8) is 0 Å². The second-order valence-electron chi connectivity index (χ2n) is 5.76. The highest BCUT2D eigenvalue weighted by Crippen LogP contribution is 2.28. The largest absolute Gasteiger partial charge is 0.508 e. The van der Waals surface area contributed by atoms with E-state index in [4.69, 9.17) is 0 Å². The lowest BCUT2D eigenvalue weighted by Crippen LogP contribution is -2.29. The third-order valence-electron chi connectivity index (χ3n) is 4.28. The highest BCUT2D eigenvalue weighted by Gasteiger charge is 2.20. The number of aromatic nitrogens is 1. The minimum atomic E-state index is 0.343. The minimum absolute atomic E-state index is 0.343. The van der Waals surface area contributed by atoms with Gasteiger partial charge in [-0.1, -0.05) is 30.3 Å². The molecule has 0 radical (unpaired) electrons. The molecule has 3 nitrogen and oxygen atoms in total. The van der Waals surface area contributed by atoms with Gasteiger partial charge in [-0.2, -0.15) is 0 Å². The Kier molecular flexibility index (Phi) is 2.93. The summed E-state index contributed by atoms with van der Waals surface area (Å²) in [6.07, 6.45) is 1.08. The van der Waals surface area contributed by atoms with E-state index in [0.29, 0.717) is 5.75 Å². The van der Waals surface area contributed by atoms with Crippen LogP contribution in [-0.2, 0) is 19.5 Å². The Morgan fingerprint density at radius 3 is 2.90 bits per heavy atom. The molecule has 2 N–H and O–H groups in total. The van der Waals surface area contributed by atoms with E-state index >= 15 is 0 Å². The zero-order chi connectivity index (χ0) is 14.2. The van der Waals surface area contributed by atoms with Crippen molar-refractivity contribution in [2.45, 2.75) is 19.5 Å². The number of phenolic OH excluding ortho intramolecular Hbond substituents is 1. The Balaban J connectivity index is 1.59. The average molecular weight is 278 g/mol. The maximum atomic E-state index is 9.57. The summed E-state index contributed by atoms with van der Waals surface area (Å²) in [5.41, 5.74) is 5.21. The molecule has 21 heavy (non-hydrogen) atoms. The number of H-pyrrole nitrogens is 1. The predicted molar refractivity (Wildman–Crippen MR) is 84.2 cm³/mol. The maximum absolute atomic E-state index is 9.57.